The van der Waals surface area contributed by atoms with E-state index in [9.17, 15) is 0 Å². The van der Waals surface area contributed by atoms with Gasteiger partial charge in [-0.05, 0) is 38.0 Å². The zero-order chi connectivity index (χ0) is 15.4. The molecule has 0 saturated carbocycles. The predicted octanol–water partition coefficient (Wildman–Crippen LogP) is 3.07. The number of hydrogen-bond acceptors (Lipinski definition) is 4. The smallest absolute Gasteiger partial charge is 0.119 e. The first-order valence-corrected chi connectivity index (χ1v) is 8.44. The molecular weight excluding hydrogens is 278 g/mol. The van der Waals surface area contributed by atoms with Crippen LogP contribution in [-0.2, 0) is 9.47 Å². The van der Waals surface area contributed by atoms with Crippen LogP contribution in [0.1, 0.15) is 44.7 Å². The number of nitrogens with one attached hydrogen (secondary N) is 1. The van der Waals surface area contributed by atoms with Gasteiger partial charge in [0.1, 0.15) is 11.9 Å². The predicted molar refractivity (Wildman–Crippen MR) is 86.3 cm³/mol. The van der Waals surface area contributed by atoms with Gasteiger partial charge in [-0.3, -0.25) is 0 Å². The van der Waals surface area contributed by atoms with Crippen LogP contribution in [-0.4, -0.2) is 38.1 Å². The van der Waals surface area contributed by atoms with Crippen LogP contribution in [0.5, 0.6) is 5.75 Å². The van der Waals surface area contributed by atoms with E-state index in [1.807, 2.05) is 0 Å². The van der Waals surface area contributed by atoms with Crippen molar-refractivity contribution in [1.29, 1.82) is 0 Å². The lowest BCUT2D eigenvalue weighted by molar-refractivity contribution is 0.0255. The Hall–Kier alpha value is -1.10. The number of benzene rings is 1. The summed E-state index contributed by atoms with van der Waals surface area (Å²) in [5.41, 5.74) is 1.29. The van der Waals surface area contributed by atoms with Crippen molar-refractivity contribution in [3.05, 3.63) is 29.8 Å². The van der Waals surface area contributed by atoms with E-state index in [1.165, 1.54) is 5.56 Å². The Morgan fingerprint density at radius 2 is 1.82 bits per heavy atom. The molecule has 2 aliphatic rings. The summed E-state index contributed by atoms with van der Waals surface area (Å²) in [5.74, 6) is 0.959. The van der Waals surface area contributed by atoms with E-state index < -0.39 is 0 Å². The van der Waals surface area contributed by atoms with Crippen molar-refractivity contribution in [1.82, 2.24) is 5.32 Å². The summed E-state index contributed by atoms with van der Waals surface area (Å²) in [6.45, 7) is 6.84. The summed E-state index contributed by atoms with van der Waals surface area (Å²) < 4.78 is 17.0. The van der Waals surface area contributed by atoms with Gasteiger partial charge in [0, 0.05) is 31.5 Å². The lowest BCUT2D eigenvalue weighted by Gasteiger charge is -2.24. The summed E-state index contributed by atoms with van der Waals surface area (Å²) in [5, 5.41) is 3.66. The Bertz CT molecular complexity index is 456. The molecule has 0 radical (unpaired) electrons. The van der Waals surface area contributed by atoms with E-state index in [4.69, 9.17) is 14.2 Å². The van der Waals surface area contributed by atoms with Crippen molar-refractivity contribution in [2.24, 2.45) is 0 Å². The first kappa shape index (κ1) is 15.8. The molecule has 3 unspecified atom stereocenters. The summed E-state index contributed by atoms with van der Waals surface area (Å²) in [4.78, 5) is 0. The fourth-order valence-corrected chi connectivity index (χ4v) is 3.19. The molecule has 0 aromatic heterocycles. The molecule has 1 aromatic carbocycles. The highest BCUT2D eigenvalue weighted by Gasteiger charge is 2.25. The largest absolute Gasteiger partial charge is 0.490 e. The van der Waals surface area contributed by atoms with Crippen molar-refractivity contribution >= 4 is 0 Å². The van der Waals surface area contributed by atoms with Gasteiger partial charge in [-0.1, -0.05) is 12.1 Å². The van der Waals surface area contributed by atoms with Gasteiger partial charge in [0.2, 0.25) is 0 Å². The van der Waals surface area contributed by atoms with Gasteiger partial charge in [-0.25, -0.2) is 0 Å². The molecule has 2 aliphatic heterocycles. The molecule has 3 atom stereocenters. The maximum atomic E-state index is 6.02. The average Bonchev–Trinajstić information content (AvgIpc) is 2.94. The summed E-state index contributed by atoms with van der Waals surface area (Å²) in [7, 11) is 0. The molecule has 4 nitrogen and oxygen atoms in total. The van der Waals surface area contributed by atoms with Gasteiger partial charge in [-0.15, -0.1) is 0 Å². The fourth-order valence-electron chi connectivity index (χ4n) is 3.19. The molecule has 1 N–H and O–H groups in total. The van der Waals surface area contributed by atoms with E-state index in [0.717, 1.165) is 44.8 Å². The highest BCUT2D eigenvalue weighted by Crippen LogP contribution is 2.23. The molecule has 3 rings (SSSR count). The molecule has 4 heteroatoms. The molecule has 122 valence electrons. The van der Waals surface area contributed by atoms with Crippen molar-refractivity contribution in [3.63, 3.8) is 0 Å². The molecular formula is C18H27NO3. The molecule has 2 heterocycles. The third-order valence-corrected chi connectivity index (χ3v) is 4.69. The second-order valence-electron chi connectivity index (χ2n) is 6.36. The number of ether oxygens (including phenoxy) is 3. The number of hydrogen-bond donors (Lipinski definition) is 1. The zero-order valence-electron chi connectivity index (χ0n) is 13.6. The van der Waals surface area contributed by atoms with Crippen LogP contribution in [0.25, 0.3) is 0 Å². The SMILES string of the molecule is CC(NC1CCOC1C)c1ccc(OC2CCOCC2)cc1. The van der Waals surface area contributed by atoms with E-state index >= 15 is 0 Å². The molecule has 0 bridgehead atoms. The van der Waals surface area contributed by atoms with Crippen LogP contribution in [0.4, 0.5) is 0 Å². The van der Waals surface area contributed by atoms with Crippen LogP contribution in [0.2, 0.25) is 0 Å². The van der Waals surface area contributed by atoms with E-state index in [-0.39, 0.29) is 0 Å². The van der Waals surface area contributed by atoms with Gasteiger partial charge < -0.3 is 19.5 Å². The minimum absolute atomic E-state index is 0.298. The van der Waals surface area contributed by atoms with Gasteiger partial charge in [0.25, 0.3) is 0 Å². The van der Waals surface area contributed by atoms with E-state index in [0.29, 0.717) is 24.3 Å². The third-order valence-electron chi connectivity index (χ3n) is 4.69. The van der Waals surface area contributed by atoms with Gasteiger partial charge in [0.15, 0.2) is 0 Å². The van der Waals surface area contributed by atoms with E-state index in [1.54, 1.807) is 0 Å². The lowest BCUT2D eigenvalue weighted by atomic mass is 10.1. The Labute approximate surface area is 133 Å². The first-order valence-electron chi connectivity index (χ1n) is 8.44. The van der Waals surface area contributed by atoms with Crippen LogP contribution in [0.3, 0.4) is 0 Å². The summed E-state index contributed by atoms with van der Waals surface area (Å²) in [6.07, 6.45) is 3.67. The zero-order valence-corrected chi connectivity index (χ0v) is 13.6. The van der Waals surface area contributed by atoms with Crippen LogP contribution in [0, 0.1) is 0 Å². The van der Waals surface area contributed by atoms with Crippen molar-refractivity contribution in [2.45, 2.75) is 57.4 Å². The molecule has 22 heavy (non-hydrogen) atoms. The second-order valence-corrected chi connectivity index (χ2v) is 6.36. The van der Waals surface area contributed by atoms with Crippen LogP contribution < -0.4 is 10.1 Å². The Morgan fingerprint density at radius 3 is 2.45 bits per heavy atom. The molecule has 2 fully saturated rings. The van der Waals surface area contributed by atoms with Gasteiger partial charge >= 0.3 is 0 Å². The Kier molecular flexibility index (Phi) is 5.34. The molecule has 1 aromatic rings. The van der Waals surface area contributed by atoms with Gasteiger partial charge in [-0.2, -0.15) is 0 Å². The highest BCUT2D eigenvalue weighted by molar-refractivity contribution is 5.29. The fraction of sp³-hybridized carbons (Fsp3) is 0.667. The highest BCUT2D eigenvalue weighted by atomic mass is 16.5. The molecule has 0 spiro atoms. The quantitative estimate of drug-likeness (QED) is 0.907. The summed E-state index contributed by atoms with van der Waals surface area (Å²) in [6, 6.07) is 9.26. The molecule has 2 saturated heterocycles. The monoisotopic (exact) mass is 305 g/mol. The maximum Gasteiger partial charge on any atom is 0.119 e. The third kappa shape index (κ3) is 4.00. The van der Waals surface area contributed by atoms with Crippen molar-refractivity contribution in [2.75, 3.05) is 19.8 Å². The lowest BCUT2D eigenvalue weighted by Crippen LogP contribution is -2.36. The minimum atomic E-state index is 0.298. The van der Waals surface area contributed by atoms with Crippen LogP contribution in [0.15, 0.2) is 24.3 Å². The summed E-state index contributed by atoms with van der Waals surface area (Å²) >= 11 is 0. The maximum absolute atomic E-state index is 6.02. The first-order chi connectivity index (χ1) is 10.7. The Morgan fingerprint density at radius 1 is 1.09 bits per heavy atom. The number of rotatable bonds is 5. The molecule has 0 amide bonds. The van der Waals surface area contributed by atoms with Gasteiger partial charge in [0.05, 0.1) is 19.3 Å². The average molecular weight is 305 g/mol. The molecule has 0 aliphatic carbocycles. The van der Waals surface area contributed by atoms with E-state index in [2.05, 4.69) is 43.4 Å². The standard InChI is InChI=1S/C18H27NO3/c1-13(19-18-9-12-21-14(18)2)15-3-5-16(6-4-15)22-17-7-10-20-11-8-17/h3-6,13-14,17-19H,7-12H2,1-2H3. The topological polar surface area (TPSA) is 39.7 Å². The van der Waals surface area contributed by atoms with Crippen molar-refractivity contribution in [3.8, 4) is 5.75 Å². The minimum Gasteiger partial charge on any atom is -0.490 e. The second kappa shape index (κ2) is 7.44. The van der Waals surface area contributed by atoms with Crippen molar-refractivity contribution < 1.29 is 14.2 Å². The van der Waals surface area contributed by atoms with Crippen LogP contribution >= 0.6 is 0 Å². The Balaban J connectivity index is 1.53. The normalized spacial score (nSPS) is 27.7.